The Morgan fingerprint density at radius 2 is 2.25 bits per heavy atom. The average Bonchev–Trinajstić information content (AvgIpc) is 2.61. The molecule has 3 rings (SSSR count). The summed E-state index contributed by atoms with van der Waals surface area (Å²) in [4.78, 5) is 18.6. The van der Waals surface area contributed by atoms with Gasteiger partial charge in [-0.3, -0.25) is 4.98 Å². The zero-order valence-corrected chi connectivity index (χ0v) is 14.4. The van der Waals surface area contributed by atoms with Crippen molar-refractivity contribution in [3.63, 3.8) is 0 Å². The number of aromatic nitrogens is 1. The summed E-state index contributed by atoms with van der Waals surface area (Å²) in [6.07, 6.45) is 5.72. The molecule has 1 N–H and O–H groups in total. The molecule has 1 atom stereocenters. The van der Waals surface area contributed by atoms with Gasteiger partial charge in [-0.2, -0.15) is 0 Å². The summed E-state index contributed by atoms with van der Waals surface area (Å²) >= 11 is 0. The zero-order chi connectivity index (χ0) is 16.8. The molecule has 2 aliphatic heterocycles. The van der Waals surface area contributed by atoms with E-state index in [-0.39, 0.29) is 12.1 Å². The van der Waals surface area contributed by atoms with E-state index < -0.39 is 0 Å². The van der Waals surface area contributed by atoms with Crippen LogP contribution in [0.3, 0.4) is 0 Å². The Kier molecular flexibility index (Phi) is 5.91. The Morgan fingerprint density at radius 3 is 3.04 bits per heavy atom. The number of nitrogens with zero attached hydrogens (tertiary/aromatic N) is 2. The number of urea groups is 1. The van der Waals surface area contributed by atoms with Crippen LogP contribution in [0.15, 0.2) is 18.3 Å². The highest BCUT2D eigenvalue weighted by molar-refractivity contribution is 5.74. The van der Waals surface area contributed by atoms with Crippen molar-refractivity contribution in [1.29, 1.82) is 0 Å². The van der Waals surface area contributed by atoms with Crippen LogP contribution in [0.1, 0.15) is 31.4 Å². The van der Waals surface area contributed by atoms with Crippen molar-refractivity contribution in [2.24, 2.45) is 5.92 Å². The lowest BCUT2D eigenvalue weighted by Gasteiger charge is -2.34. The van der Waals surface area contributed by atoms with Crippen molar-refractivity contribution in [3.05, 3.63) is 24.0 Å². The van der Waals surface area contributed by atoms with Crippen LogP contribution in [0.2, 0.25) is 0 Å². The topological polar surface area (TPSA) is 63.7 Å². The molecular formula is C18H27N3O3. The Morgan fingerprint density at radius 1 is 1.42 bits per heavy atom. The third kappa shape index (κ3) is 4.84. The van der Waals surface area contributed by atoms with Crippen LogP contribution >= 0.6 is 0 Å². The smallest absolute Gasteiger partial charge is 0.317 e. The lowest BCUT2D eigenvalue weighted by atomic mass is 9.99. The third-order valence-corrected chi connectivity index (χ3v) is 4.71. The Hall–Kier alpha value is -1.82. The van der Waals surface area contributed by atoms with Gasteiger partial charge in [0, 0.05) is 56.2 Å². The largest absolute Gasteiger partial charge is 0.493 e. The number of carbonyl (C=O) groups excluding carboxylic acids is 1. The molecule has 0 bridgehead atoms. The molecule has 3 heterocycles. The summed E-state index contributed by atoms with van der Waals surface area (Å²) < 4.78 is 11.2. The molecule has 24 heavy (non-hydrogen) atoms. The second-order valence-corrected chi connectivity index (χ2v) is 6.73. The van der Waals surface area contributed by atoms with Gasteiger partial charge < -0.3 is 19.7 Å². The van der Waals surface area contributed by atoms with Gasteiger partial charge in [-0.05, 0) is 38.7 Å². The molecule has 2 amide bonds. The van der Waals surface area contributed by atoms with E-state index in [2.05, 4.69) is 10.3 Å². The van der Waals surface area contributed by atoms with Crippen LogP contribution in [0.5, 0.6) is 5.75 Å². The first-order valence-corrected chi connectivity index (χ1v) is 8.89. The van der Waals surface area contributed by atoms with E-state index in [1.807, 2.05) is 24.0 Å². The average molecular weight is 333 g/mol. The first kappa shape index (κ1) is 17.0. The van der Waals surface area contributed by atoms with Gasteiger partial charge in [0.25, 0.3) is 0 Å². The summed E-state index contributed by atoms with van der Waals surface area (Å²) in [7, 11) is 0. The van der Waals surface area contributed by atoms with Crippen molar-refractivity contribution >= 4 is 6.03 Å². The highest BCUT2D eigenvalue weighted by atomic mass is 16.5. The van der Waals surface area contributed by atoms with Crippen LogP contribution < -0.4 is 10.1 Å². The lowest BCUT2D eigenvalue weighted by molar-refractivity contribution is 0.0760. The number of rotatable bonds is 4. The number of carbonyl (C=O) groups is 1. The van der Waals surface area contributed by atoms with Crippen molar-refractivity contribution in [3.8, 4) is 5.75 Å². The number of hydrogen-bond donors (Lipinski definition) is 1. The van der Waals surface area contributed by atoms with Crippen molar-refractivity contribution < 1.29 is 14.3 Å². The summed E-state index contributed by atoms with van der Waals surface area (Å²) in [5.74, 6) is 1.24. The minimum atomic E-state index is 0.0614. The SMILES string of the molecule is Cc1cc(OCC2CCCN(C(=O)NC3CCOCC3)C2)ccn1. The maximum Gasteiger partial charge on any atom is 0.317 e. The Balaban J connectivity index is 1.45. The molecule has 132 valence electrons. The summed E-state index contributed by atoms with van der Waals surface area (Å²) in [6.45, 7) is 5.68. The number of pyridine rings is 1. The highest BCUT2D eigenvalue weighted by Crippen LogP contribution is 2.19. The van der Waals surface area contributed by atoms with E-state index in [4.69, 9.17) is 9.47 Å². The summed E-state index contributed by atoms with van der Waals surface area (Å²) in [5.41, 5.74) is 0.952. The third-order valence-electron chi connectivity index (χ3n) is 4.71. The molecule has 6 nitrogen and oxygen atoms in total. The van der Waals surface area contributed by atoms with Gasteiger partial charge in [-0.15, -0.1) is 0 Å². The second-order valence-electron chi connectivity index (χ2n) is 6.73. The van der Waals surface area contributed by atoms with Gasteiger partial charge in [-0.1, -0.05) is 0 Å². The lowest BCUT2D eigenvalue weighted by Crippen LogP contribution is -2.50. The minimum absolute atomic E-state index is 0.0614. The highest BCUT2D eigenvalue weighted by Gasteiger charge is 2.26. The van der Waals surface area contributed by atoms with E-state index in [0.717, 1.165) is 63.4 Å². The molecule has 2 aliphatic rings. The van der Waals surface area contributed by atoms with Gasteiger partial charge in [0.15, 0.2) is 0 Å². The van der Waals surface area contributed by atoms with Crippen LogP contribution in [0, 0.1) is 12.8 Å². The van der Waals surface area contributed by atoms with Gasteiger partial charge in [-0.25, -0.2) is 4.79 Å². The van der Waals surface area contributed by atoms with Crippen LogP contribution in [-0.2, 0) is 4.74 Å². The second kappa shape index (κ2) is 8.33. The maximum atomic E-state index is 12.5. The predicted molar refractivity (Wildman–Crippen MR) is 91.1 cm³/mol. The van der Waals surface area contributed by atoms with E-state index in [1.165, 1.54) is 0 Å². The van der Waals surface area contributed by atoms with Gasteiger partial charge in [0.05, 0.1) is 6.61 Å². The van der Waals surface area contributed by atoms with Crippen LogP contribution in [-0.4, -0.2) is 54.9 Å². The van der Waals surface area contributed by atoms with Gasteiger partial charge in [0.1, 0.15) is 5.75 Å². The summed E-state index contributed by atoms with van der Waals surface area (Å²) in [6, 6.07) is 4.14. The van der Waals surface area contributed by atoms with E-state index in [9.17, 15) is 4.79 Å². The van der Waals surface area contributed by atoms with Gasteiger partial charge in [0.2, 0.25) is 0 Å². The fourth-order valence-corrected chi connectivity index (χ4v) is 3.32. The fraction of sp³-hybridized carbons (Fsp3) is 0.667. The number of nitrogens with one attached hydrogen (secondary N) is 1. The minimum Gasteiger partial charge on any atom is -0.493 e. The number of piperidine rings is 1. The first-order chi connectivity index (χ1) is 11.7. The van der Waals surface area contributed by atoms with Crippen molar-refractivity contribution in [1.82, 2.24) is 15.2 Å². The first-order valence-electron chi connectivity index (χ1n) is 8.89. The number of hydrogen-bond acceptors (Lipinski definition) is 4. The van der Waals surface area contributed by atoms with E-state index in [0.29, 0.717) is 12.5 Å². The van der Waals surface area contributed by atoms with Gasteiger partial charge >= 0.3 is 6.03 Å². The monoisotopic (exact) mass is 333 g/mol. The maximum absolute atomic E-state index is 12.5. The fourth-order valence-electron chi connectivity index (χ4n) is 3.32. The molecule has 0 radical (unpaired) electrons. The normalized spacial score (nSPS) is 22.2. The van der Waals surface area contributed by atoms with Crippen molar-refractivity contribution in [2.45, 2.75) is 38.6 Å². The number of ether oxygens (including phenoxy) is 2. The number of amides is 2. The standard InChI is InChI=1S/C18H27N3O3/c1-14-11-17(4-7-19-14)24-13-15-3-2-8-21(12-15)18(22)20-16-5-9-23-10-6-16/h4,7,11,15-16H,2-3,5-6,8-10,12-13H2,1H3,(H,20,22). The molecular weight excluding hydrogens is 306 g/mol. The number of aryl methyl sites for hydroxylation is 1. The molecule has 1 aromatic rings. The zero-order valence-electron chi connectivity index (χ0n) is 14.4. The number of likely N-dealkylation sites (tertiary alicyclic amines) is 1. The van der Waals surface area contributed by atoms with Crippen LogP contribution in [0.25, 0.3) is 0 Å². The molecule has 0 spiro atoms. The summed E-state index contributed by atoms with van der Waals surface area (Å²) in [5, 5.41) is 3.15. The Labute approximate surface area is 143 Å². The Bertz CT molecular complexity index is 546. The van der Waals surface area contributed by atoms with E-state index >= 15 is 0 Å². The molecule has 0 aliphatic carbocycles. The molecule has 1 unspecified atom stereocenters. The molecule has 6 heteroatoms. The van der Waals surface area contributed by atoms with Crippen LogP contribution in [0.4, 0.5) is 4.79 Å². The molecule has 2 saturated heterocycles. The quantitative estimate of drug-likeness (QED) is 0.919. The molecule has 0 saturated carbocycles. The van der Waals surface area contributed by atoms with Crippen molar-refractivity contribution in [2.75, 3.05) is 32.9 Å². The molecule has 0 aromatic carbocycles. The van der Waals surface area contributed by atoms with E-state index in [1.54, 1.807) is 6.20 Å². The predicted octanol–water partition coefficient (Wildman–Crippen LogP) is 2.37. The molecule has 1 aromatic heterocycles. The molecule has 2 fully saturated rings.